The second-order valence-corrected chi connectivity index (χ2v) is 6.79. The van der Waals surface area contributed by atoms with Gasteiger partial charge in [0.1, 0.15) is 0 Å². The van der Waals surface area contributed by atoms with Crippen LogP contribution in [0.15, 0.2) is 0 Å². The molecule has 17 heavy (non-hydrogen) atoms. The van der Waals surface area contributed by atoms with Gasteiger partial charge in [-0.25, -0.2) is 0 Å². The fraction of sp³-hybridized carbons (Fsp3) is 1.00. The molecule has 0 heterocycles. The van der Waals surface area contributed by atoms with Crippen LogP contribution in [0, 0.1) is 11.8 Å². The molecule has 1 rings (SSSR count). The van der Waals surface area contributed by atoms with Crippen molar-refractivity contribution in [2.24, 2.45) is 11.8 Å². The molecule has 0 aromatic rings. The van der Waals surface area contributed by atoms with E-state index in [0.29, 0.717) is 12.0 Å². The van der Waals surface area contributed by atoms with Crippen molar-refractivity contribution in [2.45, 2.75) is 77.9 Å². The van der Waals surface area contributed by atoms with Crippen LogP contribution in [0.5, 0.6) is 0 Å². The first-order valence-corrected chi connectivity index (χ1v) is 7.35. The first-order valence-electron chi connectivity index (χ1n) is 7.35. The van der Waals surface area contributed by atoms with Crippen LogP contribution in [0.2, 0.25) is 0 Å². The van der Waals surface area contributed by atoms with Gasteiger partial charge in [-0.3, -0.25) is 0 Å². The molecule has 2 N–H and O–H groups in total. The normalized spacial score (nSPS) is 30.0. The molecule has 1 fully saturated rings. The number of nitrogens with one attached hydrogen (secondary N) is 1. The van der Waals surface area contributed by atoms with E-state index in [4.69, 9.17) is 0 Å². The largest absolute Gasteiger partial charge is 0.389 e. The molecule has 1 saturated carbocycles. The summed E-state index contributed by atoms with van der Waals surface area (Å²) in [4.78, 5) is 0. The third kappa shape index (κ3) is 6.42. The van der Waals surface area contributed by atoms with Crippen molar-refractivity contribution < 1.29 is 5.11 Å². The van der Waals surface area contributed by atoms with E-state index in [1.54, 1.807) is 0 Å². The minimum Gasteiger partial charge on any atom is -0.389 e. The zero-order valence-corrected chi connectivity index (χ0v) is 12.1. The summed E-state index contributed by atoms with van der Waals surface area (Å²) in [5.41, 5.74) is -0.550. The molecule has 2 nitrogen and oxygen atoms in total. The summed E-state index contributed by atoms with van der Waals surface area (Å²) in [6.07, 6.45) is 7.49. The molecule has 1 aliphatic carbocycles. The van der Waals surface area contributed by atoms with Gasteiger partial charge in [0.25, 0.3) is 0 Å². The minimum absolute atomic E-state index is 0.550. The maximum atomic E-state index is 10.3. The van der Waals surface area contributed by atoms with Crippen molar-refractivity contribution in [2.75, 3.05) is 6.54 Å². The van der Waals surface area contributed by atoms with Crippen molar-refractivity contribution in [1.29, 1.82) is 0 Å². The Morgan fingerprint density at radius 1 is 1.24 bits per heavy atom. The molecule has 0 bridgehead atoms. The second-order valence-electron chi connectivity index (χ2n) is 6.79. The number of hydrogen-bond donors (Lipinski definition) is 2. The lowest BCUT2D eigenvalue weighted by atomic mass is 9.93. The molecule has 3 atom stereocenters. The van der Waals surface area contributed by atoms with Crippen molar-refractivity contribution in [3.05, 3.63) is 0 Å². The van der Waals surface area contributed by atoms with Crippen LogP contribution in [0.3, 0.4) is 0 Å². The lowest BCUT2D eigenvalue weighted by molar-refractivity contribution is 0.0354. The molecule has 0 aromatic carbocycles. The van der Waals surface area contributed by atoms with Crippen molar-refractivity contribution in [3.63, 3.8) is 0 Å². The third-order valence-corrected chi connectivity index (χ3v) is 3.88. The van der Waals surface area contributed by atoms with E-state index in [-0.39, 0.29) is 0 Å². The summed E-state index contributed by atoms with van der Waals surface area (Å²) in [5.74, 6) is 1.44. The maximum absolute atomic E-state index is 10.3. The predicted molar refractivity (Wildman–Crippen MR) is 74.1 cm³/mol. The molecule has 102 valence electrons. The topological polar surface area (TPSA) is 32.3 Å². The molecule has 3 unspecified atom stereocenters. The molecule has 0 spiro atoms. The molecule has 0 aliphatic heterocycles. The SMILES string of the molecule is CC(C)CC(C)(O)CNC1CCCC(C)CC1. The second kappa shape index (κ2) is 6.75. The fourth-order valence-electron chi connectivity index (χ4n) is 3.01. The summed E-state index contributed by atoms with van der Waals surface area (Å²) < 4.78 is 0. The molecule has 0 saturated heterocycles. The predicted octanol–water partition coefficient (Wildman–Crippen LogP) is 3.34. The average molecular weight is 241 g/mol. The Labute approximate surface area is 107 Å². The first kappa shape index (κ1) is 15.0. The van der Waals surface area contributed by atoms with Gasteiger partial charge in [0, 0.05) is 12.6 Å². The van der Waals surface area contributed by atoms with E-state index in [1.807, 2.05) is 6.92 Å². The van der Waals surface area contributed by atoms with Gasteiger partial charge < -0.3 is 10.4 Å². The van der Waals surface area contributed by atoms with Gasteiger partial charge in [0.05, 0.1) is 5.60 Å². The van der Waals surface area contributed by atoms with E-state index in [2.05, 4.69) is 26.1 Å². The van der Waals surface area contributed by atoms with E-state index in [0.717, 1.165) is 18.9 Å². The lowest BCUT2D eigenvalue weighted by Gasteiger charge is -2.28. The number of rotatable bonds is 5. The smallest absolute Gasteiger partial charge is 0.0746 e. The van der Waals surface area contributed by atoms with Gasteiger partial charge in [-0.05, 0) is 44.4 Å². The van der Waals surface area contributed by atoms with Crippen molar-refractivity contribution in [1.82, 2.24) is 5.32 Å². The molecular weight excluding hydrogens is 210 g/mol. The molecule has 2 heteroatoms. The summed E-state index contributed by atoms with van der Waals surface area (Å²) in [6, 6.07) is 0.624. The molecule has 0 aromatic heterocycles. The van der Waals surface area contributed by atoms with Crippen LogP contribution < -0.4 is 5.32 Å². The summed E-state index contributed by atoms with van der Waals surface area (Å²) in [7, 11) is 0. The fourth-order valence-corrected chi connectivity index (χ4v) is 3.01. The highest BCUT2D eigenvalue weighted by Gasteiger charge is 2.24. The van der Waals surface area contributed by atoms with Crippen LogP contribution >= 0.6 is 0 Å². The Hall–Kier alpha value is -0.0800. The summed E-state index contributed by atoms with van der Waals surface area (Å²) >= 11 is 0. The van der Waals surface area contributed by atoms with Gasteiger partial charge in [-0.15, -0.1) is 0 Å². The minimum atomic E-state index is -0.550. The van der Waals surface area contributed by atoms with E-state index < -0.39 is 5.60 Å². The standard InChI is InChI=1S/C15H31NO/c1-12(2)10-15(4,17)11-16-14-7-5-6-13(3)8-9-14/h12-14,16-17H,5-11H2,1-4H3. The first-order chi connectivity index (χ1) is 7.89. The maximum Gasteiger partial charge on any atom is 0.0746 e. The van der Waals surface area contributed by atoms with Crippen molar-refractivity contribution >= 4 is 0 Å². The zero-order chi connectivity index (χ0) is 12.9. The summed E-state index contributed by atoms with van der Waals surface area (Å²) in [5, 5.41) is 13.9. The van der Waals surface area contributed by atoms with Gasteiger partial charge >= 0.3 is 0 Å². The van der Waals surface area contributed by atoms with Crippen molar-refractivity contribution in [3.8, 4) is 0 Å². The Morgan fingerprint density at radius 2 is 1.94 bits per heavy atom. The number of aliphatic hydroxyl groups is 1. The Bertz CT molecular complexity index is 213. The third-order valence-electron chi connectivity index (χ3n) is 3.88. The van der Waals surface area contributed by atoms with Crippen LogP contribution in [-0.4, -0.2) is 23.3 Å². The quantitative estimate of drug-likeness (QED) is 0.724. The molecule has 0 radical (unpaired) electrons. The molecule has 0 amide bonds. The average Bonchev–Trinajstić information content (AvgIpc) is 2.38. The van der Waals surface area contributed by atoms with Gasteiger partial charge in [-0.2, -0.15) is 0 Å². The molecule has 1 aliphatic rings. The monoisotopic (exact) mass is 241 g/mol. The van der Waals surface area contributed by atoms with Crippen LogP contribution in [0.25, 0.3) is 0 Å². The summed E-state index contributed by atoms with van der Waals surface area (Å²) in [6.45, 7) is 9.39. The van der Waals surface area contributed by atoms with Gasteiger partial charge in [0.15, 0.2) is 0 Å². The highest BCUT2D eigenvalue weighted by molar-refractivity contribution is 4.81. The highest BCUT2D eigenvalue weighted by atomic mass is 16.3. The zero-order valence-electron chi connectivity index (χ0n) is 12.1. The molecular formula is C15H31NO. The van der Waals surface area contributed by atoms with Gasteiger partial charge in [-0.1, -0.05) is 33.6 Å². The van der Waals surface area contributed by atoms with Gasteiger partial charge in [0.2, 0.25) is 0 Å². The van der Waals surface area contributed by atoms with E-state index >= 15 is 0 Å². The van der Waals surface area contributed by atoms with E-state index in [1.165, 1.54) is 32.1 Å². The van der Waals surface area contributed by atoms with E-state index in [9.17, 15) is 5.11 Å². The highest BCUT2D eigenvalue weighted by Crippen LogP contribution is 2.23. The Kier molecular flexibility index (Phi) is 5.94. The Balaban J connectivity index is 2.29. The Morgan fingerprint density at radius 3 is 2.59 bits per heavy atom. The van der Waals surface area contributed by atoms with Crippen LogP contribution in [0.4, 0.5) is 0 Å². The number of hydrogen-bond acceptors (Lipinski definition) is 2. The van der Waals surface area contributed by atoms with Crippen LogP contribution in [-0.2, 0) is 0 Å². The lowest BCUT2D eigenvalue weighted by Crippen LogP contribution is -2.43. The van der Waals surface area contributed by atoms with Crippen LogP contribution in [0.1, 0.15) is 66.2 Å².